The molecule has 5 heterocycles. The van der Waals surface area contributed by atoms with Crippen molar-refractivity contribution in [3.8, 4) is 24.0 Å². The highest BCUT2D eigenvalue weighted by Gasteiger charge is 2.49. The van der Waals surface area contributed by atoms with E-state index in [-0.39, 0.29) is 23.4 Å². The van der Waals surface area contributed by atoms with Gasteiger partial charge < -0.3 is 24.0 Å². The summed E-state index contributed by atoms with van der Waals surface area (Å²) < 4.78 is 43.0. The first-order valence-electron chi connectivity index (χ1n) is 14.4. The van der Waals surface area contributed by atoms with Crippen LogP contribution in [0.5, 0.6) is 11.6 Å². The number of phenolic OH excluding ortho intramolecular Hbond substituents is 1. The van der Waals surface area contributed by atoms with E-state index in [9.17, 15) is 13.9 Å². The van der Waals surface area contributed by atoms with Gasteiger partial charge in [-0.2, -0.15) is 9.97 Å². The Bertz CT molecular complexity index is 1700. The highest BCUT2D eigenvalue weighted by atomic mass is 19.1. The van der Waals surface area contributed by atoms with Crippen molar-refractivity contribution in [2.24, 2.45) is 0 Å². The van der Waals surface area contributed by atoms with Gasteiger partial charge >= 0.3 is 0 Å². The number of hydrogen-bond donors (Lipinski definition) is 1. The fourth-order valence-electron chi connectivity index (χ4n) is 6.82. The Morgan fingerprint density at radius 2 is 2.07 bits per heavy atom. The van der Waals surface area contributed by atoms with E-state index in [0.717, 1.165) is 32.4 Å². The highest BCUT2D eigenvalue weighted by molar-refractivity contribution is 5.92. The molecule has 0 aliphatic carbocycles. The normalized spacial score (nSPS) is 22.9. The summed E-state index contributed by atoms with van der Waals surface area (Å²) in [6.07, 6.45) is 9.66. The molecule has 1 unspecified atom stereocenters. The third-order valence-corrected chi connectivity index (χ3v) is 8.78. The first-order valence-corrected chi connectivity index (χ1v) is 14.4. The Balaban J connectivity index is 1.30. The molecular weight excluding hydrogens is 542 g/mol. The summed E-state index contributed by atoms with van der Waals surface area (Å²) in [4.78, 5) is 18.6. The molecule has 3 aliphatic heterocycles. The molecular formula is C31H32F2N6O3. The summed E-state index contributed by atoms with van der Waals surface area (Å²) in [6.45, 7) is 4.42. The lowest BCUT2D eigenvalue weighted by Crippen LogP contribution is -2.43. The van der Waals surface area contributed by atoms with Crippen molar-refractivity contribution < 1.29 is 23.4 Å². The van der Waals surface area contributed by atoms with Gasteiger partial charge in [-0.1, -0.05) is 12.0 Å². The Kier molecular flexibility index (Phi) is 6.83. The lowest BCUT2D eigenvalue weighted by atomic mass is 9.95. The lowest BCUT2D eigenvalue weighted by molar-refractivity contribution is 0.111. The molecule has 0 spiro atoms. The maximum absolute atomic E-state index is 14.7. The molecule has 3 aliphatic rings. The van der Waals surface area contributed by atoms with Gasteiger partial charge in [0.05, 0.1) is 30.6 Å². The molecule has 4 aromatic rings. The second-order valence-electron chi connectivity index (χ2n) is 11.5. The van der Waals surface area contributed by atoms with E-state index in [1.165, 1.54) is 6.07 Å². The number of ether oxygens (including phenoxy) is 2. The number of aromatic nitrogens is 4. The molecule has 3 saturated heterocycles. The standard InChI is InChI=1S/C31H32F2N6O3/c1-2-24-25(33)6-5-20-13-23(40)14-21(26(20)24)16-38-19-34-27-28(38)35-30(37-8-4-11-41-12-10-37)36-29(27)42-18-31-7-3-9-39(31)17-22(32)15-31/h1,5-6,13-14,19,22,40H,3-4,7-12,15-18H2/t22-,31?/m1/s1. The first kappa shape index (κ1) is 26.9. The van der Waals surface area contributed by atoms with E-state index in [1.807, 2.05) is 4.57 Å². The van der Waals surface area contributed by atoms with Gasteiger partial charge in [-0.25, -0.2) is 13.8 Å². The van der Waals surface area contributed by atoms with Gasteiger partial charge in [-0.15, -0.1) is 6.42 Å². The highest BCUT2D eigenvalue weighted by Crippen LogP contribution is 2.41. The molecule has 11 heteroatoms. The van der Waals surface area contributed by atoms with Gasteiger partial charge in [0.2, 0.25) is 11.8 Å². The van der Waals surface area contributed by atoms with Crippen LogP contribution in [-0.4, -0.2) is 87.2 Å². The van der Waals surface area contributed by atoms with Gasteiger partial charge in [-0.05, 0) is 55.0 Å². The summed E-state index contributed by atoms with van der Waals surface area (Å²) in [5.41, 5.74) is 1.44. The number of halogens is 2. The van der Waals surface area contributed by atoms with E-state index >= 15 is 0 Å². The van der Waals surface area contributed by atoms with Gasteiger partial charge in [0.25, 0.3) is 0 Å². The molecule has 218 valence electrons. The number of aromatic hydroxyl groups is 1. The van der Waals surface area contributed by atoms with Crippen molar-refractivity contribution in [2.75, 3.05) is 50.9 Å². The molecule has 0 amide bonds. The summed E-state index contributed by atoms with van der Waals surface area (Å²) >= 11 is 0. The lowest BCUT2D eigenvalue weighted by Gasteiger charge is -2.31. The maximum atomic E-state index is 14.7. The number of phenols is 1. The van der Waals surface area contributed by atoms with Crippen LogP contribution >= 0.6 is 0 Å². The number of fused-ring (bicyclic) bond motifs is 3. The third-order valence-electron chi connectivity index (χ3n) is 8.78. The van der Waals surface area contributed by atoms with E-state index in [1.54, 1.807) is 24.5 Å². The third kappa shape index (κ3) is 4.68. The molecule has 2 aromatic carbocycles. The SMILES string of the molecule is C#Cc1c(F)ccc2cc(O)cc(Cn3cnc4c(OCC56CCCN5C[C@H](F)C6)nc(N5CCCOCC5)nc43)c12. The number of imidazole rings is 1. The number of benzene rings is 2. The van der Waals surface area contributed by atoms with Gasteiger partial charge in [-0.3, -0.25) is 4.90 Å². The van der Waals surface area contributed by atoms with Crippen molar-refractivity contribution in [1.29, 1.82) is 0 Å². The summed E-state index contributed by atoms with van der Waals surface area (Å²) in [6, 6.07) is 6.06. The minimum atomic E-state index is -0.860. The monoisotopic (exact) mass is 574 g/mol. The predicted molar refractivity (Wildman–Crippen MR) is 154 cm³/mol. The molecule has 0 saturated carbocycles. The van der Waals surface area contributed by atoms with E-state index in [4.69, 9.17) is 25.9 Å². The van der Waals surface area contributed by atoms with Gasteiger partial charge in [0, 0.05) is 38.0 Å². The van der Waals surface area contributed by atoms with Crippen molar-refractivity contribution in [3.05, 3.63) is 47.5 Å². The number of anilines is 1. The first-order chi connectivity index (χ1) is 20.4. The minimum Gasteiger partial charge on any atom is -0.508 e. The average Bonchev–Trinajstić information content (AvgIpc) is 3.55. The quantitative estimate of drug-likeness (QED) is 0.346. The molecule has 0 bridgehead atoms. The van der Waals surface area contributed by atoms with Gasteiger partial charge in [0.1, 0.15) is 24.3 Å². The second-order valence-corrected chi connectivity index (χ2v) is 11.5. The van der Waals surface area contributed by atoms with Crippen LogP contribution in [0.3, 0.4) is 0 Å². The molecule has 9 nitrogen and oxygen atoms in total. The molecule has 7 rings (SSSR count). The molecule has 0 radical (unpaired) electrons. The second kappa shape index (κ2) is 10.7. The Hall–Kier alpha value is -4.01. The number of alkyl halides is 1. The zero-order valence-electron chi connectivity index (χ0n) is 23.2. The Morgan fingerprint density at radius 3 is 2.95 bits per heavy atom. The van der Waals surface area contributed by atoms with Crippen molar-refractivity contribution in [1.82, 2.24) is 24.4 Å². The van der Waals surface area contributed by atoms with Gasteiger partial charge in [0.15, 0.2) is 11.2 Å². The largest absolute Gasteiger partial charge is 0.508 e. The smallest absolute Gasteiger partial charge is 0.247 e. The number of hydrogen-bond acceptors (Lipinski definition) is 8. The predicted octanol–water partition coefficient (Wildman–Crippen LogP) is 4.04. The topological polar surface area (TPSA) is 88.8 Å². The summed E-state index contributed by atoms with van der Waals surface area (Å²) in [5, 5.41) is 11.7. The van der Waals surface area contributed by atoms with Crippen molar-refractivity contribution in [3.63, 3.8) is 0 Å². The Labute approximate surface area is 242 Å². The summed E-state index contributed by atoms with van der Waals surface area (Å²) in [7, 11) is 0. The van der Waals surface area contributed by atoms with Crippen LogP contribution < -0.4 is 9.64 Å². The van der Waals surface area contributed by atoms with Crippen LogP contribution in [0, 0.1) is 18.2 Å². The van der Waals surface area contributed by atoms with Crippen LogP contribution in [-0.2, 0) is 11.3 Å². The molecule has 3 fully saturated rings. The van der Waals surface area contributed by atoms with Crippen molar-refractivity contribution >= 4 is 27.9 Å². The van der Waals surface area contributed by atoms with E-state index in [0.29, 0.717) is 78.7 Å². The van der Waals surface area contributed by atoms with Crippen LogP contribution in [0.4, 0.5) is 14.7 Å². The zero-order valence-corrected chi connectivity index (χ0v) is 23.2. The summed E-state index contributed by atoms with van der Waals surface area (Å²) in [5.74, 6) is 2.86. The van der Waals surface area contributed by atoms with E-state index < -0.39 is 12.0 Å². The number of rotatable bonds is 6. The van der Waals surface area contributed by atoms with E-state index in [2.05, 4.69) is 20.7 Å². The van der Waals surface area contributed by atoms with Crippen molar-refractivity contribution in [2.45, 2.75) is 43.9 Å². The molecule has 2 atom stereocenters. The average molecular weight is 575 g/mol. The Morgan fingerprint density at radius 1 is 1.17 bits per heavy atom. The molecule has 2 aromatic heterocycles. The fourth-order valence-corrected chi connectivity index (χ4v) is 6.82. The minimum absolute atomic E-state index is 0.0449. The molecule has 1 N–H and O–H groups in total. The van der Waals surface area contributed by atoms with Crippen LogP contribution in [0.15, 0.2) is 30.6 Å². The molecule has 42 heavy (non-hydrogen) atoms. The maximum Gasteiger partial charge on any atom is 0.247 e. The van der Waals surface area contributed by atoms with Crippen LogP contribution in [0.1, 0.15) is 36.8 Å². The zero-order chi connectivity index (χ0) is 28.8. The fraction of sp³-hybridized carbons (Fsp3) is 0.452. The number of terminal acetylenes is 1. The van der Waals surface area contributed by atoms with Crippen LogP contribution in [0.25, 0.3) is 21.9 Å². The number of nitrogens with zero attached hydrogens (tertiary/aromatic N) is 6. The van der Waals surface area contributed by atoms with Crippen LogP contribution in [0.2, 0.25) is 0 Å².